The highest BCUT2D eigenvalue weighted by molar-refractivity contribution is 5.75. The summed E-state index contributed by atoms with van der Waals surface area (Å²) in [5, 5.41) is 30.8. The summed E-state index contributed by atoms with van der Waals surface area (Å²) in [5.41, 5.74) is 0.654. The van der Waals surface area contributed by atoms with Crippen LogP contribution in [0.2, 0.25) is 0 Å². The zero-order valence-corrected chi connectivity index (χ0v) is 15.0. The minimum absolute atomic E-state index is 0.0910. The Kier molecular flexibility index (Phi) is 3.85. The summed E-state index contributed by atoms with van der Waals surface area (Å²) in [6.07, 6.45) is 2.24. The highest BCUT2D eigenvalue weighted by Crippen LogP contribution is 2.59. The Balaban J connectivity index is 2.15. The van der Waals surface area contributed by atoms with Crippen molar-refractivity contribution in [2.75, 3.05) is 0 Å². The fourth-order valence-electron chi connectivity index (χ4n) is 5.06. The van der Waals surface area contributed by atoms with Gasteiger partial charge < -0.3 is 15.3 Å². The van der Waals surface area contributed by atoms with E-state index in [1.165, 1.54) is 0 Å². The van der Waals surface area contributed by atoms with Gasteiger partial charge in [-0.3, -0.25) is 4.79 Å². The van der Waals surface area contributed by atoms with Crippen LogP contribution in [0.25, 0.3) is 0 Å². The fraction of sp³-hybridized carbons (Fsp3) is 0.650. The molecule has 1 saturated carbocycles. The molecule has 0 saturated heterocycles. The summed E-state index contributed by atoms with van der Waals surface area (Å²) in [6.45, 7) is 7.44. The van der Waals surface area contributed by atoms with Crippen LogP contribution in [0.4, 0.5) is 0 Å². The molecule has 24 heavy (non-hydrogen) atoms. The van der Waals surface area contributed by atoms with Gasteiger partial charge in [0.15, 0.2) is 0 Å². The topological polar surface area (TPSA) is 77.8 Å². The van der Waals surface area contributed by atoms with E-state index in [1.54, 1.807) is 13.8 Å². The second-order valence-corrected chi connectivity index (χ2v) is 8.66. The SMILES string of the molecule is CC(C)(O)c1ccc2c(c1)[C@H](O)C[C@H]1[C@](C)(C(=O)O)CCC[C@]21C. The quantitative estimate of drug-likeness (QED) is 0.774. The first-order valence-electron chi connectivity index (χ1n) is 8.79. The molecule has 0 amide bonds. The standard InChI is InChI=1S/C20H28O4/c1-18(2,24)12-6-7-14-13(10-12)15(21)11-16-19(14,3)8-5-9-20(16,4)17(22)23/h6-7,10,15-16,21,24H,5,8-9,11H2,1-4H3,(H,22,23)/t15-,16-,19-,20-/m1/s1. The van der Waals surface area contributed by atoms with Gasteiger partial charge in [-0.1, -0.05) is 31.5 Å². The Morgan fingerprint density at radius 2 is 1.92 bits per heavy atom. The van der Waals surface area contributed by atoms with Crippen LogP contribution in [0.15, 0.2) is 18.2 Å². The Morgan fingerprint density at radius 3 is 2.50 bits per heavy atom. The molecule has 4 atom stereocenters. The number of carboxylic acid groups (broad SMARTS) is 1. The Labute approximate surface area is 143 Å². The summed E-state index contributed by atoms with van der Waals surface area (Å²) in [4.78, 5) is 12.0. The van der Waals surface area contributed by atoms with Gasteiger partial charge >= 0.3 is 5.97 Å². The molecule has 1 aromatic carbocycles. The molecule has 0 radical (unpaired) electrons. The number of hydrogen-bond donors (Lipinski definition) is 3. The molecule has 2 aliphatic rings. The van der Waals surface area contributed by atoms with Crippen molar-refractivity contribution in [1.29, 1.82) is 0 Å². The van der Waals surface area contributed by atoms with Gasteiger partial charge in [0.05, 0.1) is 17.1 Å². The molecule has 0 spiro atoms. The highest BCUT2D eigenvalue weighted by atomic mass is 16.4. The average Bonchev–Trinajstić information content (AvgIpc) is 2.48. The molecule has 0 bridgehead atoms. The summed E-state index contributed by atoms with van der Waals surface area (Å²) in [7, 11) is 0. The van der Waals surface area contributed by atoms with Gasteiger partial charge in [-0.15, -0.1) is 0 Å². The second kappa shape index (κ2) is 5.30. The van der Waals surface area contributed by atoms with Gasteiger partial charge in [-0.25, -0.2) is 0 Å². The lowest BCUT2D eigenvalue weighted by atomic mass is 9.49. The third-order valence-corrected chi connectivity index (χ3v) is 6.61. The van der Waals surface area contributed by atoms with Gasteiger partial charge in [-0.05, 0) is 68.1 Å². The molecular formula is C20H28O4. The van der Waals surface area contributed by atoms with E-state index in [1.807, 2.05) is 25.1 Å². The second-order valence-electron chi connectivity index (χ2n) is 8.66. The molecule has 0 heterocycles. The maximum atomic E-state index is 12.0. The molecule has 1 aromatic rings. The summed E-state index contributed by atoms with van der Waals surface area (Å²) >= 11 is 0. The van der Waals surface area contributed by atoms with Gasteiger partial charge in [0, 0.05) is 0 Å². The first-order valence-corrected chi connectivity index (χ1v) is 8.79. The molecular weight excluding hydrogens is 304 g/mol. The Hall–Kier alpha value is -1.39. The van der Waals surface area contributed by atoms with E-state index in [0.29, 0.717) is 12.8 Å². The van der Waals surface area contributed by atoms with Crippen molar-refractivity contribution >= 4 is 5.97 Å². The monoisotopic (exact) mass is 332 g/mol. The summed E-state index contributed by atoms with van der Waals surface area (Å²) in [6, 6.07) is 5.80. The predicted octanol–water partition coefficient (Wildman–Crippen LogP) is 3.50. The number of carboxylic acids is 1. The van der Waals surface area contributed by atoms with Crippen molar-refractivity contribution in [2.24, 2.45) is 11.3 Å². The lowest BCUT2D eigenvalue weighted by Gasteiger charge is -2.54. The molecule has 4 heteroatoms. The van der Waals surface area contributed by atoms with E-state index in [9.17, 15) is 20.1 Å². The van der Waals surface area contributed by atoms with Crippen LogP contribution < -0.4 is 0 Å². The zero-order chi connectivity index (χ0) is 17.9. The molecule has 3 rings (SSSR count). The molecule has 3 N–H and O–H groups in total. The van der Waals surface area contributed by atoms with Gasteiger partial charge in [0.2, 0.25) is 0 Å². The van der Waals surface area contributed by atoms with Gasteiger partial charge in [0.25, 0.3) is 0 Å². The van der Waals surface area contributed by atoms with Crippen LogP contribution >= 0.6 is 0 Å². The van der Waals surface area contributed by atoms with Crippen molar-refractivity contribution in [1.82, 2.24) is 0 Å². The van der Waals surface area contributed by atoms with Crippen molar-refractivity contribution in [2.45, 2.75) is 70.5 Å². The van der Waals surface area contributed by atoms with Crippen LogP contribution in [-0.4, -0.2) is 21.3 Å². The third kappa shape index (κ3) is 2.39. The number of aliphatic carboxylic acids is 1. The van der Waals surface area contributed by atoms with Gasteiger partial charge in [-0.2, -0.15) is 0 Å². The number of aliphatic hydroxyl groups is 2. The molecule has 0 aromatic heterocycles. The van der Waals surface area contributed by atoms with E-state index in [0.717, 1.165) is 29.5 Å². The number of hydrogen-bond acceptors (Lipinski definition) is 3. The summed E-state index contributed by atoms with van der Waals surface area (Å²) < 4.78 is 0. The maximum absolute atomic E-state index is 12.0. The molecule has 2 aliphatic carbocycles. The minimum Gasteiger partial charge on any atom is -0.481 e. The van der Waals surface area contributed by atoms with E-state index in [4.69, 9.17) is 0 Å². The van der Waals surface area contributed by atoms with Crippen LogP contribution in [-0.2, 0) is 15.8 Å². The molecule has 132 valence electrons. The molecule has 1 fully saturated rings. The first-order chi connectivity index (χ1) is 11.0. The summed E-state index contributed by atoms with van der Waals surface area (Å²) in [5.74, 6) is -0.853. The average molecular weight is 332 g/mol. The molecule has 4 nitrogen and oxygen atoms in total. The Morgan fingerprint density at radius 1 is 1.25 bits per heavy atom. The van der Waals surface area contributed by atoms with Crippen molar-refractivity contribution in [3.63, 3.8) is 0 Å². The normalized spacial score (nSPS) is 35.9. The lowest BCUT2D eigenvalue weighted by molar-refractivity contribution is -0.159. The lowest BCUT2D eigenvalue weighted by Crippen LogP contribution is -2.53. The van der Waals surface area contributed by atoms with Crippen molar-refractivity contribution in [3.05, 3.63) is 34.9 Å². The van der Waals surface area contributed by atoms with Crippen molar-refractivity contribution < 1.29 is 20.1 Å². The first kappa shape index (κ1) is 17.4. The van der Waals surface area contributed by atoms with Crippen LogP contribution in [0, 0.1) is 11.3 Å². The number of fused-ring (bicyclic) bond motifs is 3. The number of benzene rings is 1. The third-order valence-electron chi connectivity index (χ3n) is 6.61. The van der Waals surface area contributed by atoms with Crippen molar-refractivity contribution in [3.8, 4) is 0 Å². The van der Waals surface area contributed by atoms with E-state index in [2.05, 4.69) is 6.92 Å². The maximum Gasteiger partial charge on any atom is 0.309 e. The Bertz CT molecular complexity index is 675. The zero-order valence-electron chi connectivity index (χ0n) is 15.0. The van der Waals surface area contributed by atoms with Crippen LogP contribution in [0.3, 0.4) is 0 Å². The van der Waals surface area contributed by atoms with Crippen LogP contribution in [0.5, 0.6) is 0 Å². The minimum atomic E-state index is -0.964. The largest absolute Gasteiger partial charge is 0.481 e. The number of rotatable bonds is 2. The molecule has 0 aliphatic heterocycles. The fourth-order valence-corrected chi connectivity index (χ4v) is 5.06. The van der Waals surface area contributed by atoms with E-state index < -0.39 is 23.1 Å². The molecule has 0 unspecified atom stereocenters. The highest BCUT2D eigenvalue weighted by Gasteiger charge is 2.56. The number of aliphatic hydroxyl groups excluding tert-OH is 1. The predicted molar refractivity (Wildman–Crippen MR) is 91.7 cm³/mol. The number of carbonyl (C=O) groups is 1. The van der Waals surface area contributed by atoms with Gasteiger partial charge in [0.1, 0.15) is 0 Å². The smallest absolute Gasteiger partial charge is 0.309 e. The van der Waals surface area contributed by atoms with Crippen LogP contribution in [0.1, 0.15) is 76.2 Å². The van der Waals surface area contributed by atoms with E-state index >= 15 is 0 Å². The van der Waals surface area contributed by atoms with E-state index in [-0.39, 0.29) is 11.3 Å².